The fraction of sp³-hybridized carbons (Fsp3) is 0.188. The molecule has 0 bridgehead atoms. The number of methoxy groups -OCH3 is 1. The molecular weight excluding hydrogens is 507 g/mol. The number of aromatic amines is 1. The van der Waals surface area contributed by atoms with Crippen LogP contribution in [0.4, 0.5) is 24.1 Å². The van der Waals surface area contributed by atoms with Crippen LogP contribution in [-0.2, 0) is 20.4 Å². The summed E-state index contributed by atoms with van der Waals surface area (Å²) in [5.74, 6) is -2.49. The number of benzene rings is 1. The molecule has 1 atom stereocenters. The van der Waals surface area contributed by atoms with E-state index in [2.05, 4.69) is 10.2 Å². The zero-order chi connectivity index (χ0) is 25.1. The van der Waals surface area contributed by atoms with Crippen molar-refractivity contribution >= 4 is 38.2 Å². The summed E-state index contributed by atoms with van der Waals surface area (Å²) < 4.78 is 74.4. The summed E-state index contributed by atoms with van der Waals surface area (Å²) in [6, 6.07) is 5.28. The van der Waals surface area contributed by atoms with Crippen molar-refractivity contribution in [2.75, 3.05) is 18.2 Å². The number of nitrogens with two attached hydrogens (primary N) is 1. The minimum Gasteiger partial charge on any atom is -0.497 e. The summed E-state index contributed by atoms with van der Waals surface area (Å²) in [4.78, 5) is 39.5. The number of halogens is 3. The number of nitrogens with zero attached hydrogens (tertiary/aromatic N) is 3. The van der Waals surface area contributed by atoms with Crippen LogP contribution in [0.3, 0.4) is 0 Å². The molecule has 5 N–H and O–H groups in total. The maximum atomic E-state index is 14.4. The zero-order valence-corrected chi connectivity index (χ0v) is 18.3. The summed E-state index contributed by atoms with van der Waals surface area (Å²) in [7, 11) is -3.82. The molecular formula is C16H12F3N7O6S2. The number of fused-ring (bicyclic) bond motifs is 1. The van der Waals surface area contributed by atoms with Gasteiger partial charge in [-0.1, -0.05) is 11.3 Å². The average molecular weight is 519 g/mol. The van der Waals surface area contributed by atoms with E-state index in [4.69, 9.17) is 10.5 Å². The Morgan fingerprint density at radius 2 is 1.82 bits per heavy atom. The predicted molar refractivity (Wildman–Crippen MR) is 110 cm³/mol. The smallest absolute Gasteiger partial charge is 0.421 e. The fourth-order valence-corrected chi connectivity index (χ4v) is 5.41. The first-order valence-electron chi connectivity index (χ1n) is 8.87. The molecule has 0 radical (unpaired) electrons. The first-order chi connectivity index (χ1) is 15.8. The number of sulfonamides is 1. The van der Waals surface area contributed by atoms with Crippen LogP contribution in [0.5, 0.6) is 5.75 Å². The number of carbonyl (C=O) groups excluding carboxylic acids is 1. The molecule has 0 saturated heterocycles. The second-order valence-corrected chi connectivity index (χ2v) is 9.60. The third-order valence-corrected chi connectivity index (χ3v) is 7.33. The molecule has 1 amide bonds. The van der Waals surface area contributed by atoms with Crippen LogP contribution in [-0.4, -0.2) is 47.4 Å². The number of alkyl halides is 3. The van der Waals surface area contributed by atoms with Gasteiger partial charge < -0.3 is 15.8 Å². The third kappa shape index (κ3) is 3.42. The van der Waals surface area contributed by atoms with E-state index in [9.17, 15) is 36.0 Å². The highest BCUT2D eigenvalue weighted by Gasteiger charge is 2.69. The van der Waals surface area contributed by atoms with Crippen molar-refractivity contribution in [1.29, 1.82) is 0 Å². The predicted octanol–water partition coefficient (Wildman–Crippen LogP) is -0.344. The molecule has 18 heteroatoms. The summed E-state index contributed by atoms with van der Waals surface area (Å²) in [5, 5.41) is 7.86. The minimum atomic E-state index is -5.68. The van der Waals surface area contributed by atoms with Crippen molar-refractivity contribution in [2.45, 2.75) is 16.1 Å². The molecule has 2 aromatic heterocycles. The van der Waals surface area contributed by atoms with Gasteiger partial charge in [-0.15, -0.1) is 10.2 Å². The second-order valence-electron chi connectivity index (χ2n) is 6.73. The van der Waals surface area contributed by atoms with Crippen LogP contribution in [0.2, 0.25) is 0 Å². The van der Waals surface area contributed by atoms with E-state index in [1.807, 2.05) is 5.32 Å². The lowest BCUT2D eigenvalue weighted by Gasteiger charge is -2.29. The first kappa shape index (κ1) is 23.4. The van der Waals surface area contributed by atoms with Gasteiger partial charge in [-0.2, -0.15) is 17.9 Å². The van der Waals surface area contributed by atoms with Crippen molar-refractivity contribution in [3.05, 3.63) is 50.7 Å². The van der Waals surface area contributed by atoms with Gasteiger partial charge in [-0.05, 0) is 24.3 Å². The highest BCUT2D eigenvalue weighted by atomic mass is 32.2. The van der Waals surface area contributed by atoms with Gasteiger partial charge in [0.15, 0.2) is 0 Å². The van der Waals surface area contributed by atoms with E-state index < -0.39 is 54.6 Å². The van der Waals surface area contributed by atoms with Gasteiger partial charge in [0.2, 0.25) is 15.0 Å². The van der Waals surface area contributed by atoms with Crippen LogP contribution in [0, 0.1) is 0 Å². The van der Waals surface area contributed by atoms with Gasteiger partial charge in [0, 0.05) is 0 Å². The van der Waals surface area contributed by atoms with Crippen molar-refractivity contribution in [3.8, 4) is 11.4 Å². The maximum Gasteiger partial charge on any atom is 0.421 e. The largest absolute Gasteiger partial charge is 0.497 e. The van der Waals surface area contributed by atoms with Crippen LogP contribution in [0.1, 0.15) is 5.56 Å². The summed E-state index contributed by atoms with van der Waals surface area (Å²) >= 11 is 0.233. The fourth-order valence-electron chi connectivity index (χ4n) is 3.30. The van der Waals surface area contributed by atoms with E-state index in [-0.39, 0.29) is 22.2 Å². The Morgan fingerprint density at radius 3 is 2.35 bits per heavy atom. The third-order valence-electron chi connectivity index (χ3n) is 4.75. The molecule has 180 valence electrons. The van der Waals surface area contributed by atoms with Gasteiger partial charge in [-0.25, -0.2) is 17.8 Å². The van der Waals surface area contributed by atoms with Crippen LogP contribution < -0.4 is 31.8 Å². The molecule has 13 nitrogen and oxygen atoms in total. The number of rotatable bonds is 5. The quantitative estimate of drug-likeness (QED) is 0.349. The molecule has 0 aliphatic carbocycles. The molecule has 3 aromatic rings. The normalized spacial score (nSPS) is 17.9. The van der Waals surface area contributed by atoms with Gasteiger partial charge >= 0.3 is 11.9 Å². The second kappa shape index (κ2) is 7.64. The van der Waals surface area contributed by atoms with Gasteiger partial charge in [0.1, 0.15) is 11.6 Å². The molecule has 3 heterocycles. The molecule has 1 aromatic carbocycles. The van der Waals surface area contributed by atoms with Crippen LogP contribution >= 0.6 is 11.3 Å². The maximum absolute atomic E-state index is 14.4. The molecule has 4 rings (SSSR count). The van der Waals surface area contributed by atoms with E-state index in [1.54, 1.807) is 4.98 Å². The number of nitrogens with one attached hydrogen (secondary N) is 3. The molecule has 34 heavy (non-hydrogen) atoms. The number of carbonyl (C=O) groups is 1. The van der Waals surface area contributed by atoms with E-state index in [0.717, 1.165) is 0 Å². The first-order valence-corrected chi connectivity index (χ1v) is 11.2. The molecule has 1 aliphatic rings. The van der Waals surface area contributed by atoms with Gasteiger partial charge in [0.05, 0.1) is 18.4 Å². The lowest BCUT2D eigenvalue weighted by molar-refractivity contribution is -0.194. The summed E-state index contributed by atoms with van der Waals surface area (Å²) in [6.07, 6.45) is -5.68. The van der Waals surface area contributed by atoms with Crippen molar-refractivity contribution in [2.24, 2.45) is 0 Å². The Kier molecular flexibility index (Phi) is 5.25. The number of anilines is 2. The van der Waals surface area contributed by atoms with Gasteiger partial charge in [-0.3, -0.25) is 14.6 Å². The van der Waals surface area contributed by atoms with Gasteiger partial charge in [0.25, 0.3) is 21.5 Å². The average Bonchev–Trinajstić information content (AvgIpc) is 3.30. The number of nitrogen functional groups attached to an aromatic ring is 1. The summed E-state index contributed by atoms with van der Waals surface area (Å²) in [6.45, 7) is 0. The molecule has 1 unspecified atom stereocenters. The highest BCUT2D eigenvalue weighted by molar-refractivity contribution is 7.91. The standard InChI is InChI=1S/C16H12F3N7O6S2/c1-32-7-4-2-6(3-5-7)26-9-8(10(27)22-13(26)29)15(11(28)21-9,16(17,18)19)25-34(30,31)14-24-23-12(20)33-14/h2-5,25H,1H3,(H2,20,23)(H,21,28)(H,22,27,29). The number of hydrogen-bond donors (Lipinski definition) is 4. The molecule has 0 spiro atoms. The highest BCUT2D eigenvalue weighted by Crippen LogP contribution is 2.46. The van der Waals surface area contributed by atoms with Crippen LogP contribution in [0.15, 0.2) is 38.2 Å². The Balaban J connectivity index is 2.00. The monoisotopic (exact) mass is 519 g/mol. The van der Waals surface area contributed by atoms with Crippen molar-refractivity contribution in [1.82, 2.24) is 24.5 Å². The Hall–Kier alpha value is -3.77. The Labute approximate surface area is 190 Å². The van der Waals surface area contributed by atoms with E-state index in [1.165, 1.54) is 36.1 Å². The Morgan fingerprint density at radius 1 is 1.18 bits per heavy atom. The minimum absolute atomic E-state index is 0.0590. The SMILES string of the molecule is COc1ccc(-n2c3c(c(=O)[nH]c2=O)C(NS(=O)(=O)c2nnc(N)s2)(C(F)(F)F)C(=O)N3)cc1. The number of hydrogen-bond acceptors (Lipinski definition) is 10. The number of amides is 1. The van der Waals surface area contributed by atoms with Crippen molar-refractivity contribution < 1.29 is 31.1 Å². The summed E-state index contributed by atoms with van der Waals surface area (Å²) in [5.41, 5.74) is -3.07. The number of aromatic nitrogens is 4. The lowest BCUT2D eigenvalue weighted by atomic mass is 9.93. The molecule has 1 aliphatic heterocycles. The van der Waals surface area contributed by atoms with E-state index in [0.29, 0.717) is 10.3 Å². The molecule has 0 fully saturated rings. The topological polar surface area (TPSA) is 191 Å². The number of H-pyrrole nitrogens is 1. The number of ether oxygens (including phenoxy) is 1. The Bertz CT molecular complexity index is 1530. The molecule has 0 saturated carbocycles. The van der Waals surface area contributed by atoms with Crippen LogP contribution in [0.25, 0.3) is 5.69 Å². The zero-order valence-electron chi connectivity index (χ0n) is 16.6. The van der Waals surface area contributed by atoms with Crippen molar-refractivity contribution in [3.63, 3.8) is 0 Å². The van der Waals surface area contributed by atoms with E-state index >= 15 is 0 Å². The lowest BCUT2D eigenvalue weighted by Crippen LogP contribution is -2.61.